The lowest BCUT2D eigenvalue weighted by atomic mass is 10.1. The first-order chi connectivity index (χ1) is 9.86. The third-order valence-electron chi connectivity index (χ3n) is 2.68. The second-order valence-corrected chi connectivity index (χ2v) is 5.19. The molecule has 2 aromatic rings. The van der Waals surface area contributed by atoms with Crippen LogP contribution >= 0.6 is 23.2 Å². The molecule has 2 rings (SSSR count). The number of carbonyl (C=O) groups excluding carboxylic acids is 1. The molecule has 0 unspecified atom stereocenters. The number of rotatable bonds is 3. The van der Waals surface area contributed by atoms with Crippen LogP contribution in [-0.4, -0.2) is 30.0 Å². The van der Waals surface area contributed by atoms with Crippen molar-refractivity contribution < 1.29 is 4.79 Å². The molecule has 0 saturated carbocycles. The Balaban J connectivity index is 2.22. The van der Waals surface area contributed by atoms with E-state index >= 15 is 0 Å². The van der Waals surface area contributed by atoms with Crippen molar-refractivity contribution in [2.45, 2.75) is 0 Å². The Labute approximate surface area is 131 Å². The lowest BCUT2D eigenvalue weighted by Crippen LogP contribution is -2.15. The molecule has 0 radical (unpaired) electrons. The number of anilines is 3. The summed E-state index contributed by atoms with van der Waals surface area (Å²) in [6, 6.07) is 6.44. The molecule has 1 heterocycles. The Morgan fingerprint density at radius 2 is 1.95 bits per heavy atom. The number of benzene rings is 1. The molecule has 6 nitrogen and oxygen atoms in total. The van der Waals surface area contributed by atoms with E-state index in [4.69, 9.17) is 28.9 Å². The number of nitrogen functional groups attached to an aromatic ring is 1. The zero-order valence-corrected chi connectivity index (χ0v) is 12.9. The van der Waals surface area contributed by atoms with E-state index in [1.807, 2.05) is 19.0 Å². The number of halogens is 2. The number of nitrogens with one attached hydrogen (secondary N) is 1. The summed E-state index contributed by atoms with van der Waals surface area (Å²) < 4.78 is 0. The van der Waals surface area contributed by atoms with E-state index in [9.17, 15) is 4.79 Å². The molecule has 110 valence electrons. The van der Waals surface area contributed by atoms with Crippen molar-refractivity contribution in [2.75, 3.05) is 30.0 Å². The summed E-state index contributed by atoms with van der Waals surface area (Å²) in [5.41, 5.74) is 7.66. The molecule has 0 aliphatic rings. The van der Waals surface area contributed by atoms with Gasteiger partial charge in [-0.3, -0.25) is 4.79 Å². The molecular weight excluding hydrogens is 313 g/mol. The van der Waals surface area contributed by atoms with Gasteiger partial charge in [-0.05, 0) is 29.8 Å². The Morgan fingerprint density at radius 1 is 1.24 bits per heavy atom. The van der Waals surface area contributed by atoms with Gasteiger partial charge >= 0.3 is 0 Å². The van der Waals surface area contributed by atoms with Crippen molar-refractivity contribution in [3.05, 3.63) is 40.3 Å². The molecule has 1 aromatic carbocycles. The first-order valence-corrected chi connectivity index (χ1v) is 6.70. The average Bonchev–Trinajstić information content (AvgIpc) is 2.36. The van der Waals surface area contributed by atoms with Gasteiger partial charge in [0, 0.05) is 25.7 Å². The van der Waals surface area contributed by atoms with E-state index in [1.54, 1.807) is 18.2 Å². The molecular formula is C13H13Cl2N5O. The zero-order chi connectivity index (χ0) is 15.6. The molecule has 1 amide bonds. The van der Waals surface area contributed by atoms with E-state index in [0.29, 0.717) is 11.3 Å². The topological polar surface area (TPSA) is 84.1 Å². The predicted octanol–water partition coefficient (Wildman–Crippen LogP) is 2.68. The van der Waals surface area contributed by atoms with Gasteiger partial charge in [0.15, 0.2) is 0 Å². The fourth-order valence-corrected chi connectivity index (χ4v) is 2.15. The number of carbonyl (C=O) groups is 1. The zero-order valence-electron chi connectivity index (χ0n) is 11.4. The van der Waals surface area contributed by atoms with Crippen LogP contribution in [0.15, 0.2) is 24.3 Å². The van der Waals surface area contributed by atoms with Gasteiger partial charge in [-0.15, -0.1) is 0 Å². The normalized spacial score (nSPS) is 10.3. The molecule has 8 heteroatoms. The van der Waals surface area contributed by atoms with E-state index in [0.717, 1.165) is 5.69 Å². The lowest BCUT2D eigenvalue weighted by Gasteiger charge is -2.15. The molecule has 0 aliphatic heterocycles. The van der Waals surface area contributed by atoms with Crippen molar-refractivity contribution in [1.29, 1.82) is 0 Å². The number of hydrogen-bond donors (Lipinski definition) is 2. The SMILES string of the molecule is CN(C)c1ccc(C(=O)Nc2cc(Cl)nc(Cl)n2)cc1N. The maximum Gasteiger partial charge on any atom is 0.256 e. The monoisotopic (exact) mass is 325 g/mol. The molecule has 21 heavy (non-hydrogen) atoms. The standard InChI is InChI=1S/C13H13Cl2N5O/c1-20(2)9-4-3-7(5-8(9)16)12(21)18-11-6-10(14)17-13(15)19-11/h3-6H,16H2,1-2H3,(H,17,18,19,21). The lowest BCUT2D eigenvalue weighted by molar-refractivity contribution is 0.102. The van der Waals surface area contributed by atoms with Crippen LogP contribution in [0.3, 0.4) is 0 Å². The number of amides is 1. The molecule has 0 saturated heterocycles. The van der Waals surface area contributed by atoms with Crippen LogP contribution in [0.5, 0.6) is 0 Å². The van der Waals surface area contributed by atoms with Gasteiger partial charge in [0.1, 0.15) is 11.0 Å². The Hall–Kier alpha value is -2.05. The van der Waals surface area contributed by atoms with E-state index in [2.05, 4.69) is 15.3 Å². The maximum absolute atomic E-state index is 12.1. The van der Waals surface area contributed by atoms with Crippen molar-refractivity contribution in [3.8, 4) is 0 Å². The Bertz CT molecular complexity index is 670. The summed E-state index contributed by atoms with van der Waals surface area (Å²) in [7, 11) is 3.74. The highest BCUT2D eigenvalue weighted by Crippen LogP contribution is 2.23. The van der Waals surface area contributed by atoms with Gasteiger partial charge in [-0.2, -0.15) is 0 Å². The third-order valence-corrected chi connectivity index (χ3v) is 3.04. The van der Waals surface area contributed by atoms with E-state index in [-0.39, 0.29) is 22.2 Å². The second-order valence-electron chi connectivity index (χ2n) is 4.47. The molecule has 0 bridgehead atoms. The first-order valence-electron chi connectivity index (χ1n) is 5.95. The minimum absolute atomic E-state index is 0.0414. The summed E-state index contributed by atoms with van der Waals surface area (Å²) in [4.78, 5) is 21.6. The fourth-order valence-electron chi connectivity index (χ4n) is 1.75. The van der Waals surface area contributed by atoms with Gasteiger partial charge in [0.05, 0.1) is 11.4 Å². The highest BCUT2D eigenvalue weighted by Gasteiger charge is 2.11. The highest BCUT2D eigenvalue weighted by atomic mass is 35.5. The van der Waals surface area contributed by atoms with Crippen molar-refractivity contribution in [2.24, 2.45) is 0 Å². The highest BCUT2D eigenvalue weighted by molar-refractivity contribution is 6.32. The van der Waals surface area contributed by atoms with Crippen LogP contribution in [0.1, 0.15) is 10.4 Å². The van der Waals surface area contributed by atoms with Crippen LogP contribution in [0.2, 0.25) is 10.4 Å². The molecule has 1 aromatic heterocycles. The molecule has 0 fully saturated rings. The minimum atomic E-state index is -0.363. The minimum Gasteiger partial charge on any atom is -0.397 e. The average molecular weight is 326 g/mol. The molecule has 0 spiro atoms. The van der Waals surface area contributed by atoms with Crippen LogP contribution in [-0.2, 0) is 0 Å². The van der Waals surface area contributed by atoms with E-state index in [1.165, 1.54) is 6.07 Å². The summed E-state index contributed by atoms with van der Waals surface area (Å²) >= 11 is 11.4. The summed E-state index contributed by atoms with van der Waals surface area (Å²) in [6.07, 6.45) is 0. The summed E-state index contributed by atoms with van der Waals surface area (Å²) in [6.45, 7) is 0. The van der Waals surface area contributed by atoms with Gasteiger partial charge in [0.25, 0.3) is 5.91 Å². The second kappa shape index (κ2) is 6.15. The maximum atomic E-state index is 12.1. The van der Waals surface area contributed by atoms with Gasteiger partial charge in [0.2, 0.25) is 5.28 Å². The third kappa shape index (κ3) is 3.74. The van der Waals surface area contributed by atoms with Crippen molar-refractivity contribution in [3.63, 3.8) is 0 Å². The number of nitrogens with zero attached hydrogens (tertiary/aromatic N) is 3. The van der Waals surface area contributed by atoms with Crippen molar-refractivity contribution in [1.82, 2.24) is 9.97 Å². The van der Waals surface area contributed by atoms with Crippen LogP contribution in [0.25, 0.3) is 0 Å². The van der Waals surface area contributed by atoms with Gasteiger partial charge < -0.3 is 16.0 Å². The Kier molecular flexibility index (Phi) is 4.50. The number of aromatic nitrogens is 2. The molecule has 3 N–H and O–H groups in total. The van der Waals surface area contributed by atoms with Crippen LogP contribution < -0.4 is 16.0 Å². The quantitative estimate of drug-likeness (QED) is 0.515. The largest absolute Gasteiger partial charge is 0.397 e. The molecule has 0 atom stereocenters. The first kappa shape index (κ1) is 15.3. The Morgan fingerprint density at radius 3 is 2.52 bits per heavy atom. The number of nitrogens with two attached hydrogens (primary N) is 1. The van der Waals surface area contributed by atoms with Gasteiger partial charge in [-0.25, -0.2) is 9.97 Å². The van der Waals surface area contributed by atoms with Gasteiger partial charge in [-0.1, -0.05) is 11.6 Å². The van der Waals surface area contributed by atoms with Crippen LogP contribution in [0, 0.1) is 0 Å². The summed E-state index contributed by atoms with van der Waals surface area (Å²) in [5, 5.41) is 2.69. The van der Waals surface area contributed by atoms with E-state index < -0.39 is 0 Å². The fraction of sp³-hybridized carbons (Fsp3) is 0.154. The number of hydrogen-bond acceptors (Lipinski definition) is 5. The molecule has 0 aliphatic carbocycles. The predicted molar refractivity (Wildman–Crippen MR) is 85.2 cm³/mol. The van der Waals surface area contributed by atoms with Crippen molar-refractivity contribution >= 4 is 46.3 Å². The summed E-state index contributed by atoms with van der Waals surface area (Å²) in [5.74, 6) is -0.141. The smallest absolute Gasteiger partial charge is 0.256 e. The van der Waals surface area contributed by atoms with Crippen LogP contribution in [0.4, 0.5) is 17.2 Å².